The largest absolute Gasteiger partial charge is 0.462 e. The summed E-state index contributed by atoms with van der Waals surface area (Å²) >= 11 is 0. The molecule has 4 rings (SSSR count). The Kier molecular flexibility index (Phi) is 5.07. The molecular weight excluding hydrogens is 395 g/mol. The van der Waals surface area contributed by atoms with Gasteiger partial charge in [-0.3, -0.25) is 4.98 Å². The van der Waals surface area contributed by atoms with E-state index in [-0.39, 0.29) is 18.4 Å². The summed E-state index contributed by atoms with van der Waals surface area (Å²) in [5, 5.41) is 0. The molecule has 1 atom stereocenters. The fourth-order valence-electron chi connectivity index (χ4n) is 3.55. The Morgan fingerprint density at radius 2 is 1.87 bits per heavy atom. The van der Waals surface area contributed by atoms with Gasteiger partial charge in [0.15, 0.2) is 5.54 Å². The molecule has 0 saturated carbocycles. The molecule has 0 saturated heterocycles. The number of amidine groups is 1. The van der Waals surface area contributed by atoms with Crippen LogP contribution in [0.2, 0.25) is 0 Å². The first-order valence-electron chi connectivity index (χ1n) is 9.13. The third kappa shape index (κ3) is 3.68. The van der Waals surface area contributed by atoms with Crippen molar-refractivity contribution in [3.63, 3.8) is 0 Å². The van der Waals surface area contributed by atoms with Crippen LogP contribution >= 0.6 is 0 Å². The van der Waals surface area contributed by atoms with E-state index >= 15 is 0 Å². The molecule has 5 nitrogen and oxygen atoms in total. The topological polar surface area (TPSA) is 69.7 Å². The molecule has 2 aromatic carbocycles. The van der Waals surface area contributed by atoms with Gasteiger partial charge in [0.2, 0.25) is 0 Å². The van der Waals surface area contributed by atoms with Gasteiger partial charge in [0.05, 0.1) is 6.20 Å². The minimum atomic E-state index is -2.91. The Morgan fingerprint density at radius 1 is 1.07 bits per heavy atom. The van der Waals surface area contributed by atoms with Crippen molar-refractivity contribution in [3.8, 4) is 16.9 Å². The molecule has 1 aromatic heterocycles. The number of halogens is 3. The molecule has 0 spiro atoms. The van der Waals surface area contributed by atoms with Gasteiger partial charge in [-0.2, -0.15) is 8.78 Å². The lowest BCUT2D eigenvalue weighted by Crippen LogP contribution is -2.27. The third-order valence-electron chi connectivity index (χ3n) is 4.98. The van der Waals surface area contributed by atoms with Gasteiger partial charge in [0.1, 0.15) is 18.2 Å². The van der Waals surface area contributed by atoms with E-state index in [4.69, 9.17) is 10.5 Å². The number of hydrogen-bond donors (Lipinski definition) is 1. The molecular formula is C22H18F3N3O2. The zero-order valence-electron chi connectivity index (χ0n) is 16.0. The van der Waals surface area contributed by atoms with Crippen molar-refractivity contribution >= 4 is 6.02 Å². The second-order valence-electron chi connectivity index (χ2n) is 6.93. The number of aliphatic imine (C=N–C) groups is 1. The molecule has 154 valence electrons. The van der Waals surface area contributed by atoms with Crippen molar-refractivity contribution in [2.24, 2.45) is 10.7 Å². The zero-order valence-corrected chi connectivity index (χ0v) is 16.0. The monoisotopic (exact) mass is 413 g/mol. The van der Waals surface area contributed by atoms with Gasteiger partial charge in [0.25, 0.3) is 6.02 Å². The lowest BCUT2D eigenvalue weighted by molar-refractivity contribution is -0.0503. The van der Waals surface area contributed by atoms with Gasteiger partial charge in [-0.25, -0.2) is 9.38 Å². The number of rotatable bonds is 5. The second-order valence-corrected chi connectivity index (χ2v) is 6.93. The van der Waals surface area contributed by atoms with Gasteiger partial charge < -0.3 is 15.2 Å². The molecule has 0 radical (unpaired) electrons. The quantitative estimate of drug-likeness (QED) is 0.674. The van der Waals surface area contributed by atoms with Crippen molar-refractivity contribution < 1.29 is 22.6 Å². The van der Waals surface area contributed by atoms with Gasteiger partial charge in [-0.1, -0.05) is 24.3 Å². The minimum Gasteiger partial charge on any atom is -0.462 e. The molecule has 0 bridgehead atoms. The van der Waals surface area contributed by atoms with Crippen molar-refractivity contribution in [2.45, 2.75) is 19.1 Å². The fraction of sp³-hybridized carbons (Fsp3) is 0.182. The van der Waals surface area contributed by atoms with Crippen LogP contribution in [0.3, 0.4) is 0 Å². The maximum Gasteiger partial charge on any atom is 0.387 e. The number of aromatic nitrogens is 1. The third-order valence-corrected chi connectivity index (χ3v) is 4.98. The zero-order chi connectivity index (χ0) is 21.3. The van der Waals surface area contributed by atoms with Crippen LogP contribution in [-0.4, -0.2) is 24.2 Å². The molecule has 3 aromatic rings. The molecule has 0 fully saturated rings. The Labute approximate surface area is 171 Å². The van der Waals surface area contributed by atoms with E-state index in [2.05, 4.69) is 14.7 Å². The van der Waals surface area contributed by atoms with Crippen LogP contribution in [0.5, 0.6) is 5.75 Å². The molecule has 1 aliphatic heterocycles. The van der Waals surface area contributed by atoms with Crippen LogP contribution in [0.25, 0.3) is 11.1 Å². The summed E-state index contributed by atoms with van der Waals surface area (Å²) in [4.78, 5) is 8.44. The molecule has 2 heterocycles. The van der Waals surface area contributed by atoms with Crippen LogP contribution in [0.1, 0.15) is 16.7 Å². The Morgan fingerprint density at radius 3 is 2.53 bits per heavy atom. The molecule has 8 heteroatoms. The number of pyridine rings is 1. The van der Waals surface area contributed by atoms with Crippen molar-refractivity contribution in [1.29, 1.82) is 0 Å². The summed E-state index contributed by atoms with van der Waals surface area (Å²) in [5.74, 6) is -0.358. The number of hydrogen-bond acceptors (Lipinski definition) is 5. The molecule has 1 aliphatic rings. The van der Waals surface area contributed by atoms with Crippen LogP contribution in [0.4, 0.5) is 13.2 Å². The average molecular weight is 413 g/mol. The van der Waals surface area contributed by atoms with Crippen molar-refractivity contribution in [1.82, 2.24) is 4.98 Å². The minimum absolute atomic E-state index is 0.0263. The van der Waals surface area contributed by atoms with Crippen molar-refractivity contribution in [3.05, 3.63) is 83.4 Å². The summed E-state index contributed by atoms with van der Waals surface area (Å²) in [6.45, 7) is -1.10. The van der Waals surface area contributed by atoms with Crippen molar-refractivity contribution in [2.75, 3.05) is 6.61 Å². The highest BCUT2D eigenvalue weighted by Gasteiger charge is 2.40. The number of aryl methyl sites for hydroxylation is 1. The summed E-state index contributed by atoms with van der Waals surface area (Å²) in [5.41, 5.74) is 8.20. The van der Waals surface area contributed by atoms with E-state index in [0.717, 1.165) is 17.3 Å². The molecule has 2 N–H and O–H groups in total. The highest BCUT2D eigenvalue weighted by Crippen LogP contribution is 2.40. The standard InChI is InChI=1S/C22H18F3N3O2/c1-13-7-17(5-6-19(13)30-20(24)25)22(12-29-21(26)28-22)16-4-2-3-14(8-16)15-9-18(23)11-27-10-15/h2-11,20H,12H2,1H3,(H2,26,28). The normalized spacial score (nSPS) is 18.2. The van der Waals surface area contributed by atoms with E-state index in [1.54, 1.807) is 25.3 Å². The fourth-order valence-corrected chi connectivity index (χ4v) is 3.55. The molecule has 0 aliphatic carbocycles. The Bertz CT molecular complexity index is 1120. The van der Waals surface area contributed by atoms with E-state index < -0.39 is 18.0 Å². The molecule has 1 unspecified atom stereocenters. The number of alkyl halides is 2. The SMILES string of the molecule is Cc1cc(C2(c3cccc(-c4cncc(F)c4)c3)COC(N)=N2)ccc1OC(F)F. The first-order valence-corrected chi connectivity index (χ1v) is 9.13. The highest BCUT2D eigenvalue weighted by atomic mass is 19.3. The number of nitrogens with two attached hydrogens (primary N) is 1. The lowest BCUT2D eigenvalue weighted by atomic mass is 9.82. The summed E-state index contributed by atoms with van der Waals surface area (Å²) in [6, 6.07) is 13.7. The molecule has 0 amide bonds. The van der Waals surface area contributed by atoms with Crippen LogP contribution < -0.4 is 10.5 Å². The summed E-state index contributed by atoms with van der Waals surface area (Å²) in [7, 11) is 0. The van der Waals surface area contributed by atoms with Crippen LogP contribution in [0, 0.1) is 12.7 Å². The number of benzene rings is 2. The van der Waals surface area contributed by atoms with E-state index in [1.165, 1.54) is 12.1 Å². The predicted molar refractivity (Wildman–Crippen MR) is 106 cm³/mol. The molecule has 30 heavy (non-hydrogen) atoms. The highest BCUT2D eigenvalue weighted by molar-refractivity contribution is 5.76. The van der Waals surface area contributed by atoms with Crippen LogP contribution in [0.15, 0.2) is 65.9 Å². The predicted octanol–water partition coefficient (Wildman–Crippen LogP) is 4.39. The first kappa shape index (κ1) is 19.8. The van der Waals surface area contributed by atoms with Gasteiger partial charge in [0, 0.05) is 11.8 Å². The summed E-state index contributed by atoms with van der Waals surface area (Å²) < 4.78 is 48.9. The average Bonchev–Trinajstić information content (AvgIpc) is 3.12. The second kappa shape index (κ2) is 7.70. The summed E-state index contributed by atoms with van der Waals surface area (Å²) in [6.07, 6.45) is 2.70. The van der Waals surface area contributed by atoms with Gasteiger partial charge in [-0.15, -0.1) is 0 Å². The van der Waals surface area contributed by atoms with E-state index in [0.29, 0.717) is 16.7 Å². The van der Waals surface area contributed by atoms with E-state index in [1.807, 2.05) is 24.3 Å². The van der Waals surface area contributed by atoms with Crippen LogP contribution in [-0.2, 0) is 10.3 Å². The van der Waals surface area contributed by atoms with E-state index in [9.17, 15) is 13.2 Å². The first-order chi connectivity index (χ1) is 14.4. The number of nitrogens with zero attached hydrogens (tertiary/aromatic N) is 2. The Hall–Kier alpha value is -3.55. The number of ether oxygens (including phenoxy) is 2. The smallest absolute Gasteiger partial charge is 0.387 e. The maximum atomic E-state index is 13.6. The maximum absolute atomic E-state index is 13.6. The van der Waals surface area contributed by atoms with Gasteiger partial charge >= 0.3 is 6.61 Å². The lowest BCUT2D eigenvalue weighted by Gasteiger charge is -2.26. The van der Waals surface area contributed by atoms with Gasteiger partial charge in [-0.05, 0) is 53.4 Å². The Balaban J connectivity index is 1.81.